The number of nitrogens with zero attached hydrogens (tertiary/aromatic N) is 4. The highest BCUT2D eigenvalue weighted by molar-refractivity contribution is 5.79. The van der Waals surface area contributed by atoms with E-state index in [9.17, 15) is 0 Å². The van der Waals surface area contributed by atoms with Crippen LogP contribution in [0.25, 0.3) is 0 Å². The summed E-state index contributed by atoms with van der Waals surface area (Å²) in [5.41, 5.74) is 2.45. The van der Waals surface area contributed by atoms with Crippen molar-refractivity contribution in [2.24, 2.45) is 4.99 Å². The molecule has 0 spiro atoms. The van der Waals surface area contributed by atoms with E-state index in [1.165, 1.54) is 11.1 Å². The Hall–Kier alpha value is -3.09. The molecule has 0 aliphatic carbocycles. The van der Waals surface area contributed by atoms with E-state index in [-0.39, 0.29) is 0 Å². The van der Waals surface area contributed by atoms with Crippen LogP contribution in [0.15, 0.2) is 58.4 Å². The summed E-state index contributed by atoms with van der Waals surface area (Å²) in [6.45, 7) is 6.89. The molecule has 3 rings (SSSR count). The molecular weight excluding hydrogens is 340 g/mol. The molecule has 7 nitrogen and oxygen atoms in total. The molecule has 1 aromatic carbocycles. The minimum Gasteiger partial charge on any atom is -0.467 e. The summed E-state index contributed by atoms with van der Waals surface area (Å²) in [5, 5.41) is 14.8. The first-order valence-corrected chi connectivity index (χ1v) is 9.22. The van der Waals surface area contributed by atoms with E-state index in [4.69, 9.17) is 9.41 Å². The predicted octanol–water partition coefficient (Wildman–Crippen LogP) is 2.68. The highest BCUT2D eigenvalue weighted by Crippen LogP contribution is 2.08. The zero-order valence-corrected chi connectivity index (χ0v) is 15.9. The summed E-state index contributed by atoms with van der Waals surface area (Å²) in [6.07, 6.45) is 4.30. The number of rotatable bonds is 8. The molecule has 0 radical (unpaired) electrons. The molecule has 0 aliphatic heterocycles. The molecule has 0 aliphatic rings. The van der Waals surface area contributed by atoms with E-state index in [0.29, 0.717) is 13.1 Å². The average Bonchev–Trinajstić information content (AvgIpc) is 3.36. The van der Waals surface area contributed by atoms with Gasteiger partial charge in [-0.05, 0) is 30.2 Å². The van der Waals surface area contributed by atoms with Crippen LogP contribution in [0.4, 0.5) is 0 Å². The number of hydrogen-bond acceptors (Lipinski definition) is 4. The number of aromatic nitrogens is 3. The van der Waals surface area contributed by atoms with Gasteiger partial charge in [-0.2, -0.15) is 0 Å². The summed E-state index contributed by atoms with van der Waals surface area (Å²) in [6, 6.07) is 12.1. The van der Waals surface area contributed by atoms with Crippen molar-refractivity contribution in [3.63, 3.8) is 0 Å². The monoisotopic (exact) mass is 366 g/mol. The lowest BCUT2D eigenvalue weighted by atomic mass is 10.1. The molecule has 0 fully saturated rings. The van der Waals surface area contributed by atoms with Crippen molar-refractivity contribution in [1.82, 2.24) is 25.4 Å². The third kappa shape index (κ3) is 5.44. The Bertz CT molecular complexity index is 853. The SMILES string of the molecule is CCc1nncn1CCNC(=NCc1ccccc1C)NCc1ccco1. The van der Waals surface area contributed by atoms with E-state index >= 15 is 0 Å². The second-order valence-electron chi connectivity index (χ2n) is 6.25. The van der Waals surface area contributed by atoms with Crippen molar-refractivity contribution in [1.29, 1.82) is 0 Å². The van der Waals surface area contributed by atoms with Crippen molar-refractivity contribution in [2.45, 2.75) is 39.9 Å². The molecule has 2 aromatic heterocycles. The highest BCUT2D eigenvalue weighted by Gasteiger charge is 2.04. The number of furan rings is 1. The van der Waals surface area contributed by atoms with Crippen molar-refractivity contribution in [3.05, 3.63) is 71.7 Å². The second-order valence-corrected chi connectivity index (χ2v) is 6.25. The Balaban J connectivity index is 1.61. The molecular formula is C20H26N6O. The Morgan fingerprint density at radius 3 is 2.85 bits per heavy atom. The number of nitrogens with one attached hydrogen (secondary N) is 2. The first-order valence-electron chi connectivity index (χ1n) is 9.22. The lowest BCUT2D eigenvalue weighted by Gasteiger charge is -2.13. The number of guanidine groups is 1. The van der Waals surface area contributed by atoms with Gasteiger partial charge in [0.15, 0.2) is 5.96 Å². The van der Waals surface area contributed by atoms with Crippen molar-refractivity contribution >= 4 is 5.96 Å². The van der Waals surface area contributed by atoms with Crippen LogP contribution >= 0.6 is 0 Å². The van der Waals surface area contributed by atoms with E-state index in [0.717, 1.165) is 37.1 Å². The molecule has 0 saturated carbocycles. The fourth-order valence-electron chi connectivity index (χ4n) is 2.74. The predicted molar refractivity (Wildman–Crippen MR) is 105 cm³/mol. The Morgan fingerprint density at radius 1 is 1.19 bits per heavy atom. The van der Waals surface area contributed by atoms with Gasteiger partial charge in [0.2, 0.25) is 0 Å². The minimum atomic E-state index is 0.583. The highest BCUT2D eigenvalue weighted by atomic mass is 16.3. The standard InChI is InChI=1S/C20H26N6O/c1-3-19-25-24-15-26(19)11-10-21-20(23-14-18-9-6-12-27-18)22-13-17-8-5-4-7-16(17)2/h4-9,12,15H,3,10-11,13-14H2,1-2H3,(H2,21,22,23). The molecule has 3 aromatic rings. The average molecular weight is 366 g/mol. The number of aliphatic imine (C=N–C) groups is 1. The van der Waals surface area contributed by atoms with Crippen molar-refractivity contribution in [2.75, 3.05) is 6.54 Å². The maximum Gasteiger partial charge on any atom is 0.192 e. The van der Waals surface area contributed by atoms with Crippen LogP contribution in [0.2, 0.25) is 0 Å². The zero-order valence-electron chi connectivity index (χ0n) is 15.9. The van der Waals surface area contributed by atoms with E-state index < -0.39 is 0 Å². The third-order valence-corrected chi connectivity index (χ3v) is 4.34. The smallest absolute Gasteiger partial charge is 0.192 e. The van der Waals surface area contributed by atoms with Gasteiger partial charge in [-0.3, -0.25) is 0 Å². The van der Waals surface area contributed by atoms with E-state index in [1.54, 1.807) is 12.6 Å². The summed E-state index contributed by atoms with van der Waals surface area (Å²) in [4.78, 5) is 4.73. The molecule has 0 saturated heterocycles. The number of aryl methyl sites for hydroxylation is 2. The fourth-order valence-corrected chi connectivity index (χ4v) is 2.74. The van der Waals surface area contributed by atoms with Gasteiger partial charge < -0.3 is 19.6 Å². The molecule has 0 unspecified atom stereocenters. The maximum atomic E-state index is 5.39. The lowest BCUT2D eigenvalue weighted by Crippen LogP contribution is -2.38. The van der Waals surface area contributed by atoms with E-state index in [1.807, 2.05) is 24.3 Å². The van der Waals surface area contributed by atoms with Gasteiger partial charge in [0.25, 0.3) is 0 Å². The normalized spacial score (nSPS) is 11.6. The summed E-state index contributed by atoms with van der Waals surface area (Å²) in [7, 11) is 0. The molecule has 2 heterocycles. The third-order valence-electron chi connectivity index (χ3n) is 4.34. The van der Waals surface area contributed by atoms with Gasteiger partial charge in [0.1, 0.15) is 17.9 Å². The van der Waals surface area contributed by atoms with Crippen LogP contribution in [0.3, 0.4) is 0 Å². The minimum absolute atomic E-state index is 0.583. The van der Waals surface area contributed by atoms with Crippen LogP contribution < -0.4 is 10.6 Å². The van der Waals surface area contributed by atoms with Crippen molar-refractivity contribution in [3.8, 4) is 0 Å². The van der Waals surface area contributed by atoms with Gasteiger partial charge in [-0.25, -0.2) is 4.99 Å². The topological polar surface area (TPSA) is 80.3 Å². The van der Waals surface area contributed by atoms with Gasteiger partial charge in [0, 0.05) is 19.5 Å². The van der Waals surface area contributed by atoms with Gasteiger partial charge in [-0.15, -0.1) is 10.2 Å². The summed E-state index contributed by atoms with van der Waals surface area (Å²) in [5.74, 6) is 2.60. The first-order chi connectivity index (χ1) is 13.3. The first kappa shape index (κ1) is 18.7. The molecule has 7 heteroatoms. The van der Waals surface area contributed by atoms with Gasteiger partial charge >= 0.3 is 0 Å². The Labute approximate surface area is 159 Å². The van der Waals surface area contributed by atoms with Gasteiger partial charge in [0.05, 0.1) is 19.4 Å². The van der Waals surface area contributed by atoms with Crippen LogP contribution in [-0.4, -0.2) is 27.3 Å². The molecule has 142 valence electrons. The lowest BCUT2D eigenvalue weighted by molar-refractivity contribution is 0.501. The second kappa shape index (κ2) is 9.56. The Morgan fingerprint density at radius 2 is 2.07 bits per heavy atom. The summed E-state index contributed by atoms with van der Waals surface area (Å²) < 4.78 is 7.45. The maximum absolute atomic E-state index is 5.39. The fraction of sp³-hybridized carbons (Fsp3) is 0.350. The number of benzene rings is 1. The summed E-state index contributed by atoms with van der Waals surface area (Å²) >= 11 is 0. The molecule has 27 heavy (non-hydrogen) atoms. The molecule has 0 bridgehead atoms. The van der Waals surface area contributed by atoms with Crippen molar-refractivity contribution < 1.29 is 4.42 Å². The molecule has 0 amide bonds. The Kier molecular flexibility index (Phi) is 6.62. The molecule has 0 atom stereocenters. The number of hydrogen-bond donors (Lipinski definition) is 2. The largest absolute Gasteiger partial charge is 0.467 e. The van der Waals surface area contributed by atoms with Crippen LogP contribution in [0.1, 0.15) is 29.6 Å². The van der Waals surface area contributed by atoms with Crippen LogP contribution in [0, 0.1) is 6.92 Å². The van der Waals surface area contributed by atoms with Crippen LogP contribution in [-0.2, 0) is 26.1 Å². The van der Waals surface area contributed by atoms with Gasteiger partial charge in [-0.1, -0.05) is 31.2 Å². The van der Waals surface area contributed by atoms with E-state index in [2.05, 4.69) is 51.4 Å². The quantitative estimate of drug-likeness (QED) is 0.473. The molecule has 2 N–H and O–H groups in total. The zero-order chi connectivity index (χ0) is 18.9. The van der Waals surface area contributed by atoms with Crippen LogP contribution in [0.5, 0.6) is 0 Å².